The first-order valence-electron chi connectivity index (χ1n) is 9.99. The van der Waals surface area contributed by atoms with Crippen LogP contribution in [-0.4, -0.2) is 47.2 Å². The van der Waals surface area contributed by atoms with E-state index in [0.29, 0.717) is 47.8 Å². The van der Waals surface area contributed by atoms with Crippen molar-refractivity contribution in [2.75, 3.05) is 20.8 Å². The molecular formula is C21H29N3O4. The highest BCUT2D eigenvalue weighted by Gasteiger charge is 2.24. The summed E-state index contributed by atoms with van der Waals surface area (Å²) in [4.78, 5) is 31.8. The van der Waals surface area contributed by atoms with Gasteiger partial charge in [0.15, 0.2) is 11.5 Å². The van der Waals surface area contributed by atoms with E-state index in [0.717, 1.165) is 25.8 Å². The molecule has 0 radical (unpaired) electrons. The summed E-state index contributed by atoms with van der Waals surface area (Å²) in [7, 11) is 3.09. The van der Waals surface area contributed by atoms with Crippen LogP contribution >= 0.6 is 0 Å². The van der Waals surface area contributed by atoms with Crippen molar-refractivity contribution >= 4 is 16.8 Å². The third-order valence-corrected chi connectivity index (χ3v) is 5.54. The number of piperidine rings is 1. The predicted molar refractivity (Wildman–Crippen MR) is 108 cm³/mol. The molecule has 0 aliphatic carbocycles. The fourth-order valence-electron chi connectivity index (χ4n) is 3.94. The van der Waals surface area contributed by atoms with Crippen LogP contribution in [0.15, 0.2) is 23.3 Å². The number of likely N-dealkylation sites (tertiary alicyclic amines) is 1. The summed E-state index contributed by atoms with van der Waals surface area (Å²) in [6.07, 6.45) is 7.00. The minimum Gasteiger partial charge on any atom is -0.493 e. The zero-order valence-electron chi connectivity index (χ0n) is 16.9. The fraction of sp³-hybridized carbons (Fsp3) is 0.571. The lowest BCUT2D eigenvalue weighted by Crippen LogP contribution is -2.43. The third-order valence-electron chi connectivity index (χ3n) is 5.54. The number of benzene rings is 1. The average molecular weight is 387 g/mol. The van der Waals surface area contributed by atoms with Crippen LogP contribution in [0, 0.1) is 0 Å². The van der Waals surface area contributed by atoms with Crippen LogP contribution in [0.4, 0.5) is 0 Å². The number of aromatic nitrogens is 2. The second-order valence-electron chi connectivity index (χ2n) is 7.22. The molecule has 1 unspecified atom stereocenters. The van der Waals surface area contributed by atoms with Crippen molar-refractivity contribution in [1.29, 1.82) is 0 Å². The van der Waals surface area contributed by atoms with Gasteiger partial charge < -0.3 is 14.4 Å². The summed E-state index contributed by atoms with van der Waals surface area (Å²) in [6, 6.07) is 3.73. The Hall–Kier alpha value is -2.57. The zero-order chi connectivity index (χ0) is 20.1. The monoisotopic (exact) mass is 387 g/mol. The maximum absolute atomic E-state index is 12.8. The minimum atomic E-state index is -0.136. The molecule has 1 aliphatic heterocycles. The summed E-state index contributed by atoms with van der Waals surface area (Å²) in [5.41, 5.74) is 0.428. The molecule has 152 valence electrons. The Bertz CT molecular complexity index is 893. The molecule has 1 saturated heterocycles. The highest BCUT2D eigenvalue weighted by atomic mass is 16.5. The Morgan fingerprint density at radius 3 is 2.68 bits per heavy atom. The number of nitrogens with zero attached hydrogens (tertiary/aromatic N) is 3. The van der Waals surface area contributed by atoms with Gasteiger partial charge in [0.25, 0.3) is 5.56 Å². The summed E-state index contributed by atoms with van der Waals surface area (Å²) in [5.74, 6) is 1.23. The number of carbonyl (C=O) groups excluding carboxylic acids is 1. The number of rotatable bonds is 7. The summed E-state index contributed by atoms with van der Waals surface area (Å²) >= 11 is 0. The predicted octanol–water partition coefficient (Wildman–Crippen LogP) is 2.99. The van der Waals surface area contributed by atoms with Gasteiger partial charge in [-0.2, -0.15) is 0 Å². The van der Waals surface area contributed by atoms with Crippen molar-refractivity contribution in [2.24, 2.45) is 0 Å². The van der Waals surface area contributed by atoms with E-state index in [1.807, 2.05) is 4.90 Å². The van der Waals surface area contributed by atoms with Crippen LogP contribution in [0.5, 0.6) is 11.5 Å². The second kappa shape index (κ2) is 9.08. The van der Waals surface area contributed by atoms with E-state index in [1.165, 1.54) is 19.9 Å². The molecule has 1 aromatic carbocycles. The summed E-state index contributed by atoms with van der Waals surface area (Å²) in [5, 5.41) is 0.480. The first kappa shape index (κ1) is 20.2. The molecule has 1 fully saturated rings. The van der Waals surface area contributed by atoms with E-state index in [1.54, 1.807) is 23.8 Å². The van der Waals surface area contributed by atoms with Crippen LogP contribution in [0.3, 0.4) is 0 Å². The van der Waals surface area contributed by atoms with Gasteiger partial charge in [0.1, 0.15) is 0 Å². The lowest BCUT2D eigenvalue weighted by Gasteiger charge is -2.35. The Morgan fingerprint density at radius 1 is 1.21 bits per heavy atom. The number of fused-ring (bicyclic) bond motifs is 1. The molecule has 1 aliphatic rings. The molecule has 7 heteroatoms. The topological polar surface area (TPSA) is 73.7 Å². The maximum Gasteiger partial charge on any atom is 0.261 e. The number of methoxy groups -OCH3 is 2. The van der Waals surface area contributed by atoms with E-state index >= 15 is 0 Å². The third kappa shape index (κ3) is 4.13. The molecule has 0 bridgehead atoms. The van der Waals surface area contributed by atoms with Crippen molar-refractivity contribution in [3.63, 3.8) is 0 Å². The van der Waals surface area contributed by atoms with Crippen molar-refractivity contribution in [3.05, 3.63) is 28.8 Å². The standard InChI is InChI=1S/C21H29N3O4/c1-4-15-8-5-6-11-24(15)20(25)9-7-10-23-14-22-17-13-19(28-3)18(27-2)12-16(17)21(23)26/h12-15H,4-11H2,1-3H3. The number of hydrogen-bond acceptors (Lipinski definition) is 5. The molecule has 1 aromatic heterocycles. The van der Waals surface area contributed by atoms with E-state index in [-0.39, 0.29) is 11.5 Å². The van der Waals surface area contributed by atoms with Crippen LogP contribution in [0.25, 0.3) is 10.9 Å². The SMILES string of the molecule is CCC1CCCCN1C(=O)CCCn1cnc2cc(OC)c(OC)cc2c1=O. The summed E-state index contributed by atoms with van der Waals surface area (Å²) < 4.78 is 12.1. The van der Waals surface area contributed by atoms with Gasteiger partial charge in [-0.25, -0.2) is 4.98 Å². The van der Waals surface area contributed by atoms with Gasteiger partial charge in [-0.05, 0) is 38.2 Å². The average Bonchev–Trinajstić information content (AvgIpc) is 2.74. The van der Waals surface area contributed by atoms with Crippen molar-refractivity contribution in [1.82, 2.24) is 14.5 Å². The molecular weight excluding hydrogens is 358 g/mol. The summed E-state index contributed by atoms with van der Waals surface area (Å²) in [6.45, 7) is 3.46. The van der Waals surface area contributed by atoms with Gasteiger partial charge in [-0.15, -0.1) is 0 Å². The van der Waals surface area contributed by atoms with E-state index < -0.39 is 0 Å². The Morgan fingerprint density at radius 2 is 1.96 bits per heavy atom. The van der Waals surface area contributed by atoms with Crippen molar-refractivity contribution in [3.8, 4) is 11.5 Å². The molecule has 0 N–H and O–H groups in total. The van der Waals surface area contributed by atoms with E-state index in [2.05, 4.69) is 11.9 Å². The van der Waals surface area contributed by atoms with Gasteiger partial charge in [-0.1, -0.05) is 6.92 Å². The number of hydrogen-bond donors (Lipinski definition) is 0. The Kier molecular flexibility index (Phi) is 6.54. The van der Waals surface area contributed by atoms with Crippen molar-refractivity contribution in [2.45, 2.75) is 58.0 Å². The molecule has 0 saturated carbocycles. The fourth-order valence-corrected chi connectivity index (χ4v) is 3.94. The van der Waals surface area contributed by atoms with Crippen molar-refractivity contribution < 1.29 is 14.3 Å². The molecule has 0 spiro atoms. The van der Waals surface area contributed by atoms with Gasteiger partial charge >= 0.3 is 0 Å². The highest BCUT2D eigenvalue weighted by Crippen LogP contribution is 2.29. The molecule has 1 amide bonds. The lowest BCUT2D eigenvalue weighted by atomic mass is 9.99. The molecule has 7 nitrogen and oxygen atoms in total. The van der Waals surface area contributed by atoms with Crippen LogP contribution in [0.1, 0.15) is 45.4 Å². The minimum absolute atomic E-state index is 0.136. The Labute approximate surface area is 165 Å². The van der Waals surface area contributed by atoms with Crippen LogP contribution in [-0.2, 0) is 11.3 Å². The van der Waals surface area contributed by atoms with E-state index in [9.17, 15) is 9.59 Å². The molecule has 3 rings (SSSR count). The lowest BCUT2D eigenvalue weighted by molar-refractivity contribution is -0.135. The molecule has 28 heavy (non-hydrogen) atoms. The molecule has 2 heterocycles. The zero-order valence-corrected chi connectivity index (χ0v) is 16.9. The molecule has 1 atom stereocenters. The van der Waals surface area contributed by atoms with Gasteiger partial charge in [0, 0.05) is 31.6 Å². The second-order valence-corrected chi connectivity index (χ2v) is 7.22. The first-order valence-corrected chi connectivity index (χ1v) is 9.99. The largest absolute Gasteiger partial charge is 0.493 e. The first-order chi connectivity index (χ1) is 13.6. The van der Waals surface area contributed by atoms with Gasteiger partial charge in [-0.3, -0.25) is 14.2 Å². The van der Waals surface area contributed by atoms with Crippen LogP contribution in [0.2, 0.25) is 0 Å². The van der Waals surface area contributed by atoms with Gasteiger partial charge in [0.2, 0.25) is 5.91 Å². The number of carbonyl (C=O) groups is 1. The maximum atomic E-state index is 12.8. The smallest absolute Gasteiger partial charge is 0.261 e. The van der Waals surface area contributed by atoms with Gasteiger partial charge in [0.05, 0.1) is 31.4 Å². The Balaban J connectivity index is 1.70. The highest BCUT2D eigenvalue weighted by molar-refractivity contribution is 5.81. The normalized spacial score (nSPS) is 17.0. The number of ether oxygens (including phenoxy) is 2. The van der Waals surface area contributed by atoms with Crippen LogP contribution < -0.4 is 15.0 Å². The quantitative estimate of drug-likeness (QED) is 0.730. The number of aryl methyl sites for hydroxylation is 1. The number of amides is 1. The van der Waals surface area contributed by atoms with E-state index in [4.69, 9.17) is 9.47 Å². The molecule has 2 aromatic rings.